The van der Waals surface area contributed by atoms with Gasteiger partial charge in [0.25, 0.3) is 11.4 Å². The molecule has 1 N–H and O–H groups in total. The highest BCUT2D eigenvalue weighted by Crippen LogP contribution is 2.39. The molecule has 26 heavy (non-hydrogen) atoms. The van der Waals surface area contributed by atoms with Crippen molar-refractivity contribution >= 4 is 28.7 Å². The number of carbonyl (C=O) groups excluding carboxylic acids is 1. The molecule has 0 spiro atoms. The molecule has 142 valence electrons. The third-order valence-corrected chi connectivity index (χ3v) is 4.64. The van der Waals surface area contributed by atoms with Crippen molar-refractivity contribution in [2.45, 2.75) is 38.1 Å². The molecule has 1 aliphatic carbocycles. The first kappa shape index (κ1) is 19.4. The van der Waals surface area contributed by atoms with Crippen molar-refractivity contribution in [2.75, 3.05) is 30.9 Å². The average molecular weight is 366 g/mol. The third kappa shape index (κ3) is 4.38. The second kappa shape index (κ2) is 8.45. The molecule has 0 amide bonds. The SMILES string of the molecule is COC(=O)CNc1cc(N(C)C2CCCCC2)c([N+](=O)[O-])cc1[N+](=O)[O-]. The molecular weight excluding hydrogens is 344 g/mol. The Balaban J connectivity index is 2.44. The van der Waals surface area contributed by atoms with E-state index in [1.807, 2.05) is 4.90 Å². The van der Waals surface area contributed by atoms with E-state index < -0.39 is 21.5 Å². The molecule has 10 nitrogen and oxygen atoms in total. The number of benzene rings is 1. The number of methoxy groups -OCH3 is 1. The van der Waals surface area contributed by atoms with Crippen LogP contribution in [0.1, 0.15) is 32.1 Å². The number of hydrogen-bond donors (Lipinski definition) is 1. The van der Waals surface area contributed by atoms with Crippen LogP contribution in [-0.4, -0.2) is 42.6 Å². The summed E-state index contributed by atoms with van der Waals surface area (Å²) in [4.78, 5) is 34.6. The molecule has 1 aromatic carbocycles. The molecular formula is C16H22N4O6. The van der Waals surface area contributed by atoms with Crippen molar-refractivity contribution in [1.82, 2.24) is 0 Å². The lowest BCUT2D eigenvalue weighted by molar-refractivity contribution is -0.393. The zero-order chi connectivity index (χ0) is 19.3. The molecule has 0 aliphatic heterocycles. The summed E-state index contributed by atoms with van der Waals surface area (Å²) in [7, 11) is 2.96. The Hall–Kier alpha value is -2.91. The highest BCUT2D eigenvalue weighted by molar-refractivity contribution is 5.81. The van der Waals surface area contributed by atoms with E-state index in [2.05, 4.69) is 10.1 Å². The van der Waals surface area contributed by atoms with Gasteiger partial charge in [-0.3, -0.25) is 25.0 Å². The van der Waals surface area contributed by atoms with Crippen molar-refractivity contribution in [3.05, 3.63) is 32.4 Å². The van der Waals surface area contributed by atoms with Crippen LogP contribution in [0.2, 0.25) is 0 Å². The molecule has 0 unspecified atom stereocenters. The number of ether oxygens (including phenoxy) is 1. The number of nitro groups is 2. The summed E-state index contributed by atoms with van der Waals surface area (Å²) in [6, 6.07) is 2.44. The lowest BCUT2D eigenvalue weighted by Gasteiger charge is -2.32. The highest BCUT2D eigenvalue weighted by Gasteiger charge is 2.29. The molecule has 0 radical (unpaired) electrons. The average Bonchev–Trinajstić information content (AvgIpc) is 2.65. The van der Waals surface area contributed by atoms with Crippen molar-refractivity contribution in [2.24, 2.45) is 0 Å². The van der Waals surface area contributed by atoms with E-state index in [-0.39, 0.29) is 24.0 Å². The lowest BCUT2D eigenvalue weighted by Crippen LogP contribution is -2.33. The summed E-state index contributed by atoms with van der Waals surface area (Å²) in [5.74, 6) is -0.597. The fraction of sp³-hybridized carbons (Fsp3) is 0.562. The first-order valence-corrected chi connectivity index (χ1v) is 8.35. The summed E-state index contributed by atoms with van der Waals surface area (Å²) in [6.07, 6.45) is 5.05. The standard InChI is InChI=1S/C16H22N4O6/c1-18(11-6-4-3-5-7-11)14-8-12(17-10-16(21)26-2)13(19(22)23)9-15(14)20(24)25/h8-9,11,17H,3-7,10H2,1-2H3. The predicted octanol–water partition coefficient (Wildman–Crippen LogP) is 2.86. The largest absolute Gasteiger partial charge is 0.468 e. The van der Waals surface area contributed by atoms with Gasteiger partial charge in [0, 0.05) is 13.1 Å². The monoisotopic (exact) mass is 366 g/mol. The summed E-state index contributed by atoms with van der Waals surface area (Å²) < 4.78 is 4.52. The molecule has 0 aromatic heterocycles. The van der Waals surface area contributed by atoms with E-state index >= 15 is 0 Å². The number of anilines is 2. The van der Waals surface area contributed by atoms with Crippen LogP contribution in [0.3, 0.4) is 0 Å². The smallest absolute Gasteiger partial charge is 0.325 e. The van der Waals surface area contributed by atoms with E-state index in [4.69, 9.17) is 0 Å². The first-order valence-electron chi connectivity index (χ1n) is 8.35. The van der Waals surface area contributed by atoms with E-state index in [0.717, 1.165) is 38.2 Å². The zero-order valence-corrected chi connectivity index (χ0v) is 14.8. The molecule has 1 saturated carbocycles. The Kier molecular flexibility index (Phi) is 6.31. The van der Waals surface area contributed by atoms with Gasteiger partial charge in [-0.2, -0.15) is 0 Å². The van der Waals surface area contributed by atoms with E-state index in [1.165, 1.54) is 13.2 Å². The minimum atomic E-state index is -0.711. The maximum absolute atomic E-state index is 11.5. The molecule has 0 saturated heterocycles. The highest BCUT2D eigenvalue weighted by atomic mass is 16.6. The van der Waals surface area contributed by atoms with Crippen molar-refractivity contribution in [3.8, 4) is 0 Å². The van der Waals surface area contributed by atoms with Gasteiger partial charge in [-0.05, 0) is 18.9 Å². The fourth-order valence-corrected chi connectivity index (χ4v) is 3.19. The van der Waals surface area contributed by atoms with Crippen molar-refractivity contribution in [1.29, 1.82) is 0 Å². The van der Waals surface area contributed by atoms with E-state index in [9.17, 15) is 25.0 Å². The van der Waals surface area contributed by atoms with Crippen molar-refractivity contribution < 1.29 is 19.4 Å². The second-order valence-corrected chi connectivity index (χ2v) is 6.20. The molecule has 0 bridgehead atoms. The predicted molar refractivity (Wildman–Crippen MR) is 95.5 cm³/mol. The Bertz CT molecular complexity index is 702. The van der Waals surface area contributed by atoms with Gasteiger partial charge >= 0.3 is 5.97 Å². The van der Waals surface area contributed by atoms with Gasteiger partial charge < -0.3 is 15.0 Å². The van der Waals surface area contributed by atoms with Gasteiger partial charge in [-0.25, -0.2) is 0 Å². The first-order chi connectivity index (χ1) is 12.3. The van der Waals surface area contributed by atoms with Crippen molar-refractivity contribution in [3.63, 3.8) is 0 Å². The minimum Gasteiger partial charge on any atom is -0.468 e. The second-order valence-electron chi connectivity index (χ2n) is 6.20. The van der Waals surface area contributed by atoms with Crippen LogP contribution < -0.4 is 10.2 Å². The van der Waals surface area contributed by atoms with Gasteiger partial charge in [0.2, 0.25) is 0 Å². The van der Waals surface area contributed by atoms with E-state index in [1.54, 1.807) is 7.05 Å². The number of nitrogens with one attached hydrogen (secondary N) is 1. The number of esters is 1. The van der Waals surface area contributed by atoms with Crippen LogP contribution >= 0.6 is 0 Å². The van der Waals surface area contributed by atoms with Crippen LogP contribution in [0.5, 0.6) is 0 Å². The topological polar surface area (TPSA) is 128 Å². The van der Waals surface area contributed by atoms with Gasteiger partial charge in [0.1, 0.15) is 17.9 Å². The summed E-state index contributed by atoms with van der Waals surface area (Å²) >= 11 is 0. The molecule has 1 aliphatic rings. The quantitative estimate of drug-likeness (QED) is 0.443. The molecule has 0 heterocycles. The molecule has 0 atom stereocenters. The van der Waals surface area contributed by atoms with Gasteiger partial charge in [-0.15, -0.1) is 0 Å². The maximum Gasteiger partial charge on any atom is 0.325 e. The molecule has 1 aromatic rings. The Labute approximate surface area is 150 Å². The van der Waals surface area contributed by atoms with Crippen LogP contribution in [-0.2, 0) is 9.53 Å². The summed E-state index contributed by atoms with van der Waals surface area (Å²) in [5, 5.41) is 25.4. The van der Waals surface area contributed by atoms with Gasteiger partial charge in [-0.1, -0.05) is 19.3 Å². The van der Waals surface area contributed by atoms with Gasteiger partial charge in [0.05, 0.1) is 23.0 Å². The number of rotatable bonds is 7. The summed E-state index contributed by atoms with van der Waals surface area (Å²) in [5.41, 5.74) is -0.446. The number of hydrogen-bond acceptors (Lipinski definition) is 8. The number of nitrogens with zero attached hydrogens (tertiary/aromatic N) is 3. The number of carbonyl (C=O) groups is 1. The molecule has 2 rings (SSSR count). The molecule has 10 heteroatoms. The third-order valence-electron chi connectivity index (χ3n) is 4.64. The molecule has 1 fully saturated rings. The Morgan fingerprint density at radius 1 is 1.19 bits per heavy atom. The normalized spacial score (nSPS) is 14.5. The van der Waals surface area contributed by atoms with Crippen LogP contribution in [0.25, 0.3) is 0 Å². The summed E-state index contributed by atoms with van der Waals surface area (Å²) in [6.45, 7) is -0.276. The Morgan fingerprint density at radius 2 is 1.81 bits per heavy atom. The maximum atomic E-state index is 11.5. The Morgan fingerprint density at radius 3 is 2.35 bits per heavy atom. The zero-order valence-electron chi connectivity index (χ0n) is 14.8. The fourth-order valence-electron chi connectivity index (χ4n) is 3.19. The number of nitro benzene ring substituents is 2. The lowest BCUT2D eigenvalue weighted by atomic mass is 9.94. The van der Waals surface area contributed by atoms with Crippen LogP contribution in [0, 0.1) is 20.2 Å². The van der Waals surface area contributed by atoms with Gasteiger partial charge in [0.15, 0.2) is 0 Å². The van der Waals surface area contributed by atoms with E-state index in [0.29, 0.717) is 5.69 Å². The minimum absolute atomic E-state index is 0.0451. The van der Waals surface area contributed by atoms with Crippen LogP contribution in [0.4, 0.5) is 22.7 Å². The van der Waals surface area contributed by atoms with Crippen LogP contribution in [0.15, 0.2) is 12.1 Å².